The van der Waals surface area contributed by atoms with Crippen molar-refractivity contribution in [2.45, 2.75) is 18.2 Å². The third-order valence-corrected chi connectivity index (χ3v) is 5.03. The minimum atomic E-state index is 0.353. The maximum Gasteiger partial charge on any atom is 0.0530 e. The van der Waals surface area contributed by atoms with Crippen LogP contribution in [0.1, 0.15) is 20.1 Å². The zero-order valence-corrected chi connectivity index (χ0v) is 12.1. The van der Waals surface area contributed by atoms with Crippen molar-refractivity contribution in [3.63, 3.8) is 0 Å². The summed E-state index contributed by atoms with van der Waals surface area (Å²) in [5, 5.41) is 0.847. The van der Waals surface area contributed by atoms with Crippen LogP contribution in [0.2, 0.25) is 5.02 Å². The van der Waals surface area contributed by atoms with E-state index < -0.39 is 0 Å². The van der Waals surface area contributed by atoms with Crippen molar-refractivity contribution in [2.24, 2.45) is 0 Å². The molecule has 1 heterocycles. The molecule has 0 radical (unpaired) electrons. The summed E-state index contributed by atoms with van der Waals surface area (Å²) in [7, 11) is 0. The molecule has 0 amide bonds. The molecule has 0 bridgehead atoms. The van der Waals surface area contributed by atoms with Gasteiger partial charge in [-0.25, -0.2) is 0 Å². The van der Waals surface area contributed by atoms with Gasteiger partial charge < -0.3 is 0 Å². The summed E-state index contributed by atoms with van der Waals surface area (Å²) in [4.78, 5) is 3.06. The van der Waals surface area contributed by atoms with Crippen molar-refractivity contribution in [2.75, 3.05) is 0 Å². The van der Waals surface area contributed by atoms with Gasteiger partial charge in [0.05, 0.1) is 4.83 Å². The van der Waals surface area contributed by atoms with Gasteiger partial charge in [-0.1, -0.05) is 45.7 Å². The average Bonchev–Trinajstić information content (AvgIpc) is 2.68. The lowest BCUT2D eigenvalue weighted by atomic mass is 10.1. The highest BCUT2D eigenvalue weighted by Crippen LogP contribution is 2.33. The molecular weight excluding hydrogens is 304 g/mol. The van der Waals surface area contributed by atoms with Gasteiger partial charge in [0.1, 0.15) is 0 Å². The number of alkyl halides is 1. The number of benzene rings is 1. The van der Waals surface area contributed by atoms with Crippen molar-refractivity contribution in [1.29, 1.82) is 0 Å². The van der Waals surface area contributed by atoms with Crippen LogP contribution in [0.4, 0.5) is 0 Å². The summed E-state index contributed by atoms with van der Waals surface area (Å²) in [6.45, 7) is 2.13. The number of hydrogen-bond donors (Lipinski definition) is 0. The van der Waals surface area contributed by atoms with Crippen LogP contribution in [0.25, 0.3) is 0 Å². The van der Waals surface area contributed by atoms with Gasteiger partial charge in [0.2, 0.25) is 0 Å². The van der Waals surface area contributed by atoms with Crippen LogP contribution in [-0.4, -0.2) is 0 Å². The number of thiophene rings is 1. The zero-order chi connectivity index (χ0) is 11.5. The zero-order valence-electron chi connectivity index (χ0n) is 8.91. The first-order valence-corrected chi connectivity index (χ1v) is 7.21. The summed E-state index contributed by atoms with van der Waals surface area (Å²) in [6, 6.07) is 12.3. The molecule has 1 aromatic carbocycles. The predicted octanol–water partition coefficient (Wildman–Crippen LogP) is 5.39. The van der Waals surface area contributed by atoms with Gasteiger partial charge in [-0.3, -0.25) is 0 Å². The van der Waals surface area contributed by atoms with Crippen molar-refractivity contribution >= 4 is 38.9 Å². The fourth-order valence-electron chi connectivity index (χ4n) is 1.58. The van der Waals surface area contributed by atoms with E-state index in [1.165, 1.54) is 15.3 Å². The van der Waals surface area contributed by atoms with Crippen LogP contribution < -0.4 is 0 Å². The van der Waals surface area contributed by atoms with E-state index in [0.717, 1.165) is 11.4 Å². The standard InChI is InChI=1S/C13H12BrClS/c1-9-6-7-13(16-9)11(14)8-10-4-2-3-5-12(10)15/h2-7,11H,8H2,1H3. The molecule has 0 aliphatic rings. The van der Waals surface area contributed by atoms with Gasteiger partial charge in [-0.15, -0.1) is 11.3 Å². The Labute approximate surface area is 113 Å². The highest BCUT2D eigenvalue weighted by molar-refractivity contribution is 9.09. The number of rotatable bonds is 3. The van der Waals surface area contributed by atoms with Gasteiger partial charge in [-0.2, -0.15) is 0 Å². The highest BCUT2D eigenvalue weighted by atomic mass is 79.9. The highest BCUT2D eigenvalue weighted by Gasteiger charge is 2.11. The van der Waals surface area contributed by atoms with E-state index in [9.17, 15) is 0 Å². The van der Waals surface area contributed by atoms with Crippen LogP contribution >= 0.6 is 38.9 Å². The third-order valence-electron chi connectivity index (χ3n) is 2.43. The Balaban J connectivity index is 2.13. The predicted molar refractivity (Wildman–Crippen MR) is 75.9 cm³/mol. The van der Waals surface area contributed by atoms with Crippen LogP contribution in [0.3, 0.4) is 0 Å². The molecule has 2 aromatic rings. The third kappa shape index (κ3) is 2.88. The Hall–Kier alpha value is -0.310. The summed E-state index contributed by atoms with van der Waals surface area (Å²) < 4.78 is 0. The van der Waals surface area contributed by atoms with Gasteiger partial charge in [-0.05, 0) is 37.1 Å². The normalized spacial score (nSPS) is 12.7. The number of hydrogen-bond acceptors (Lipinski definition) is 1. The summed E-state index contributed by atoms with van der Waals surface area (Å²) >= 11 is 11.7. The lowest BCUT2D eigenvalue weighted by molar-refractivity contribution is 0.970. The fraction of sp³-hybridized carbons (Fsp3) is 0.231. The second-order valence-corrected chi connectivity index (χ2v) is 6.54. The average molecular weight is 316 g/mol. The molecule has 0 N–H and O–H groups in total. The molecule has 0 saturated carbocycles. The second-order valence-electron chi connectivity index (χ2n) is 3.71. The number of halogens is 2. The topological polar surface area (TPSA) is 0 Å². The summed E-state index contributed by atoms with van der Waals surface area (Å²) in [5.74, 6) is 0. The molecule has 16 heavy (non-hydrogen) atoms. The van der Waals surface area contributed by atoms with E-state index in [1.54, 1.807) is 0 Å². The molecule has 3 heteroatoms. The maximum absolute atomic E-state index is 6.14. The van der Waals surface area contributed by atoms with Gasteiger partial charge in [0.25, 0.3) is 0 Å². The van der Waals surface area contributed by atoms with E-state index in [1.807, 2.05) is 29.5 Å². The van der Waals surface area contributed by atoms with Crippen molar-refractivity contribution < 1.29 is 0 Å². The minimum absolute atomic E-state index is 0.353. The fourth-order valence-corrected chi connectivity index (χ4v) is 3.43. The molecule has 1 aromatic heterocycles. The Morgan fingerprint density at radius 1 is 1.25 bits per heavy atom. The summed E-state index contributed by atoms with van der Waals surface area (Å²) in [5.41, 5.74) is 1.19. The monoisotopic (exact) mass is 314 g/mol. The minimum Gasteiger partial charge on any atom is -0.145 e. The van der Waals surface area contributed by atoms with E-state index in [0.29, 0.717) is 4.83 Å². The molecule has 0 nitrogen and oxygen atoms in total. The molecular formula is C13H12BrClS. The van der Waals surface area contributed by atoms with Crippen LogP contribution in [0, 0.1) is 6.92 Å². The van der Waals surface area contributed by atoms with Crippen molar-refractivity contribution in [3.8, 4) is 0 Å². The van der Waals surface area contributed by atoms with E-state index >= 15 is 0 Å². The quantitative estimate of drug-likeness (QED) is 0.666. The second kappa shape index (κ2) is 5.35. The van der Waals surface area contributed by atoms with Crippen LogP contribution in [-0.2, 0) is 6.42 Å². The lowest BCUT2D eigenvalue weighted by Gasteiger charge is -2.09. The van der Waals surface area contributed by atoms with Gasteiger partial charge >= 0.3 is 0 Å². The van der Waals surface area contributed by atoms with E-state index in [-0.39, 0.29) is 0 Å². The Morgan fingerprint density at radius 3 is 2.62 bits per heavy atom. The Bertz CT molecular complexity index is 478. The van der Waals surface area contributed by atoms with Gasteiger partial charge in [0.15, 0.2) is 0 Å². The molecule has 1 atom stereocenters. The Morgan fingerprint density at radius 2 is 2.00 bits per heavy atom. The van der Waals surface area contributed by atoms with Crippen LogP contribution in [0.5, 0.6) is 0 Å². The molecule has 0 fully saturated rings. The first-order valence-electron chi connectivity index (χ1n) is 5.10. The first-order chi connectivity index (χ1) is 7.66. The van der Waals surface area contributed by atoms with E-state index in [2.05, 4.69) is 41.1 Å². The SMILES string of the molecule is Cc1ccc(C(Br)Cc2ccccc2Cl)s1. The smallest absolute Gasteiger partial charge is 0.0530 e. The molecule has 0 aliphatic heterocycles. The number of aryl methyl sites for hydroxylation is 1. The molecule has 2 rings (SSSR count). The van der Waals surface area contributed by atoms with Crippen molar-refractivity contribution in [3.05, 3.63) is 56.7 Å². The molecule has 0 aliphatic carbocycles. The molecule has 0 saturated heterocycles. The molecule has 84 valence electrons. The summed E-state index contributed by atoms with van der Waals surface area (Å²) in [6.07, 6.45) is 0.930. The Kier molecular flexibility index (Phi) is 4.06. The van der Waals surface area contributed by atoms with Crippen molar-refractivity contribution in [1.82, 2.24) is 0 Å². The van der Waals surface area contributed by atoms with E-state index in [4.69, 9.17) is 11.6 Å². The largest absolute Gasteiger partial charge is 0.145 e. The molecule has 0 spiro atoms. The first kappa shape index (κ1) is 12.2. The molecule has 1 unspecified atom stereocenters. The van der Waals surface area contributed by atoms with Gasteiger partial charge in [0, 0.05) is 14.8 Å². The lowest BCUT2D eigenvalue weighted by Crippen LogP contribution is -1.93. The van der Waals surface area contributed by atoms with Crippen LogP contribution in [0.15, 0.2) is 36.4 Å². The maximum atomic E-state index is 6.14.